The van der Waals surface area contributed by atoms with Gasteiger partial charge >= 0.3 is 74.2 Å². The van der Waals surface area contributed by atoms with Gasteiger partial charge in [0.1, 0.15) is 0 Å². The Morgan fingerprint density at radius 1 is 1.60 bits per heavy atom. The molecule has 0 saturated heterocycles. The predicted molar refractivity (Wildman–Crippen MR) is 40.4 cm³/mol. The van der Waals surface area contributed by atoms with Crippen molar-refractivity contribution in [2.24, 2.45) is 0 Å². The van der Waals surface area contributed by atoms with Crippen LogP contribution in [0.5, 0.6) is 0 Å². The van der Waals surface area contributed by atoms with E-state index in [1.807, 2.05) is 0 Å². The van der Waals surface area contributed by atoms with E-state index in [9.17, 15) is 0 Å². The van der Waals surface area contributed by atoms with Gasteiger partial charge in [-0.3, -0.25) is 0 Å². The zero-order valence-electron chi connectivity index (χ0n) is 6.59. The molecule has 10 heavy (non-hydrogen) atoms. The van der Waals surface area contributed by atoms with Crippen molar-refractivity contribution < 1.29 is 22.9 Å². The molecule has 1 rings (SSSR count). The molecule has 0 radical (unpaired) electrons. The average Bonchev–Trinajstić information content (AvgIpc) is 2.34. The summed E-state index contributed by atoms with van der Waals surface area (Å²) in [7, 11) is 4.33. The molecule has 0 aromatic heterocycles. The van der Waals surface area contributed by atoms with Crippen LogP contribution in [0.25, 0.3) is 0 Å². The van der Waals surface area contributed by atoms with Gasteiger partial charge in [-0.25, -0.2) is 0 Å². The fraction of sp³-hybridized carbons (Fsp3) is 0.500. The normalized spacial score (nSPS) is 16.1. The van der Waals surface area contributed by atoms with Crippen molar-refractivity contribution in [2.45, 2.75) is 6.42 Å². The van der Waals surface area contributed by atoms with E-state index in [-0.39, 0.29) is 0 Å². The van der Waals surface area contributed by atoms with E-state index in [1.165, 1.54) is 10.7 Å². The minimum absolute atomic E-state index is 0.398. The Balaban J connectivity index is 2.15. The fourth-order valence-corrected chi connectivity index (χ4v) is 4.41. The third-order valence-corrected chi connectivity index (χ3v) is 7.20. The van der Waals surface area contributed by atoms with E-state index in [1.54, 1.807) is 3.33 Å². The van der Waals surface area contributed by atoms with Crippen molar-refractivity contribution >= 4 is 0 Å². The third kappa shape index (κ3) is 2.93. The molecule has 0 aromatic rings. The zero-order valence-corrected chi connectivity index (χ0v) is 10.2. The second-order valence-electron chi connectivity index (χ2n) is 2.74. The van der Waals surface area contributed by atoms with E-state index >= 15 is 0 Å². The van der Waals surface area contributed by atoms with Gasteiger partial charge in [0.15, 0.2) is 0 Å². The van der Waals surface area contributed by atoms with Gasteiger partial charge in [0, 0.05) is 0 Å². The molecule has 0 aliphatic heterocycles. The van der Waals surface area contributed by atoms with Crippen LogP contribution in [0.2, 0.25) is 0 Å². The van der Waals surface area contributed by atoms with Crippen LogP contribution in [-0.2, 0) is 22.9 Å². The molecule has 2 heteroatoms. The molecular weight excluding hydrogens is 289 g/mol. The molecule has 54 valence electrons. The Morgan fingerprint density at radius 2 is 2.40 bits per heavy atom. The van der Waals surface area contributed by atoms with Gasteiger partial charge in [-0.15, -0.1) is 0 Å². The van der Waals surface area contributed by atoms with Gasteiger partial charge in [0.05, 0.1) is 0 Å². The van der Waals surface area contributed by atoms with Crippen LogP contribution in [0.1, 0.15) is 6.42 Å². The summed E-state index contributed by atoms with van der Waals surface area (Å²) >= 11 is -0.398. The Hall–Kier alpha value is 0.310. The monoisotopic (exact) mass is 303 g/mol. The summed E-state index contributed by atoms with van der Waals surface area (Å²) in [6.07, 6.45) is 8.03. The first-order valence-electron chi connectivity index (χ1n) is 3.53. The summed E-state index contributed by atoms with van der Waals surface area (Å²) in [6.45, 7) is 0. The van der Waals surface area contributed by atoms with Crippen LogP contribution < -0.4 is 0 Å². The second-order valence-corrected chi connectivity index (χ2v) is 7.45. The minimum atomic E-state index is -0.398. The van der Waals surface area contributed by atoms with Crippen LogP contribution >= 0.6 is 0 Å². The first-order chi connectivity index (χ1) is 4.79. The Morgan fingerprint density at radius 3 is 2.90 bits per heavy atom. The van der Waals surface area contributed by atoms with E-state index < -0.39 is 22.9 Å². The van der Waals surface area contributed by atoms with Crippen LogP contribution in [0, 0.1) is 0 Å². The fourth-order valence-electron chi connectivity index (χ4n) is 0.838. The van der Waals surface area contributed by atoms with Gasteiger partial charge in [-0.1, -0.05) is 0 Å². The Labute approximate surface area is 74.2 Å². The van der Waals surface area contributed by atoms with Gasteiger partial charge in [0.2, 0.25) is 0 Å². The molecule has 0 amide bonds. The summed E-state index contributed by atoms with van der Waals surface area (Å²) in [4.78, 5) is 2.31. The second kappa shape index (κ2) is 4.24. The van der Waals surface area contributed by atoms with E-state index in [0.29, 0.717) is 0 Å². The molecule has 1 aliphatic rings. The number of rotatable bonds is 3. The topological polar surface area (TPSA) is 3.24 Å². The van der Waals surface area contributed by atoms with E-state index in [2.05, 4.69) is 37.2 Å². The number of allylic oxidation sites excluding steroid dienone is 4. The van der Waals surface area contributed by atoms with Crippen molar-refractivity contribution in [3.8, 4) is 0 Å². The third-order valence-electron chi connectivity index (χ3n) is 1.39. The van der Waals surface area contributed by atoms with Crippen molar-refractivity contribution in [2.75, 3.05) is 18.4 Å². The predicted octanol–water partition coefficient (Wildman–Crippen LogP) is 1.43. The quantitative estimate of drug-likeness (QED) is 0.713. The van der Waals surface area contributed by atoms with Crippen molar-refractivity contribution in [3.63, 3.8) is 0 Å². The summed E-state index contributed by atoms with van der Waals surface area (Å²) in [5.74, 6) is 0. The van der Waals surface area contributed by atoms with E-state index in [0.717, 1.165) is 0 Å². The molecule has 0 bridgehead atoms. The standard InChI is InChI=1S/C5H5.C3H8N.Hf/c1-2-4-5-3-1;1-4(2)3;/h1-3H,4H2;1H2,2-3H3;. The van der Waals surface area contributed by atoms with Crippen LogP contribution in [0.15, 0.2) is 21.6 Å². The summed E-state index contributed by atoms with van der Waals surface area (Å²) in [5.41, 5.74) is 0. The van der Waals surface area contributed by atoms with Gasteiger partial charge < -0.3 is 0 Å². The van der Waals surface area contributed by atoms with Crippen molar-refractivity contribution in [1.82, 2.24) is 4.90 Å². The maximum absolute atomic E-state index is 2.31. The molecule has 0 saturated carbocycles. The summed E-state index contributed by atoms with van der Waals surface area (Å²) < 4.78 is 3.13. The molecular formula is C8H13HfN. The molecule has 1 nitrogen and oxygen atoms in total. The SMILES string of the molecule is CN(C)[CH2][Hf][C]1=CC=CC1. The van der Waals surface area contributed by atoms with Crippen molar-refractivity contribution in [1.29, 1.82) is 0 Å². The molecule has 0 fully saturated rings. The molecule has 1 aliphatic carbocycles. The van der Waals surface area contributed by atoms with Crippen LogP contribution in [-0.4, -0.2) is 23.3 Å². The Bertz CT molecular complexity index is 159. The molecule has 0 unspecified atom stereocenters. The molecule has 0 N–H and O–H groups in total. The van der Waals surface area contributed by atoms with Crippen LogP contribution in [0.3, 0.4) is 0 Å². The zero-order chi connectivity index (χ0) is 7.40. The molecule has 0 spiro atoms. The van der Waals surface area contributed by atoms with Gasteiger partial charge in [-0.2, -0.15) is 0 Å². The molecule has 0 atom stereocenters. The number of nitrogens with zero attached hydrogens (tertiary/aromatic N) is 1. The first-order valence-corrected chi connectivity index (χ1v) is 7.87. The summed E-state index contributed by atoms with van der Waals surface area (Å²) in [6, 6.07) is 0. The van der Waals surface area contributed by atoms with E-state index in [4.69, 9.17) is 0 Å². The average molecular weight is 302 g/mol. The maximum atomic E-state index is 2.31. The first kappa shape index (κ1) is 8.41. The molecule has 0 aromatic carbocycles. The Kier molecular flexibility index (Phi) is 3.57. The summed E-state index contributed by atoms with van der Waals surface area (Å²) in [5, 5.41) is 0. The number of hydrogen-bond acceptors (Lipinski definition) is 1. The van der Waals surface area contributed by atoms with Crippen molar-refractivity contribution in [3.05, 3.63) is 21.6 Å². The van der Waals surface area contributed by atoms with Crippen LogP contribution in [0.4, 0.5) is 0 Å². The van der Waals surface area contributed by atoms with Gasteiger partial charge in [0.25, 0.3) is 0 Å². The molecule has 0 heterocycles. The van der Waals surface area contributed by atoms with Gasteiger partial charge in [-0.05, 0) is 0 Å². The number of hydrogen-bond donors (Lipinski definition) is 0.